The van der Waals surface area contributed by atoms with Gasteiger partial charge in [0, 0.05) is 16.8 Å². The Bertz CT molecular complexity index is 782. The number of fused-ring (bicyclic) bond motifs is 2. The normalized spacial score (nSPS) is 10.5. The van der Waals surface area contributed by atoms with Gasteiger partial charge in [0.15, 0.2) is 0 Å². The molecule has 0 aliphatic carbocycles. The zero-order valence-corrected chi connectivity index (χ0v) is 12.1. The Morgan fingerprint density at radius 2 is 1.55 bits per heavy atom. The predicted octanol–water partition coefficient (Wildman–Crippen LogP) is 4.10. The third-order valence-corrected chi connectivity index (χ3v) is 3.46. The fraction of sp³-hybridized carbons (Fsp3) is 0.105. The van der Waals surface area contributed by atoms with Crippen LogP contribution in [0.4, 0.5) is 0 Å². The minimum atomic E-state index is -0.439. The Balaban J connectivity index is 1.94. The highest BCUT2D eigenvalue weighted by atomic mass is 16.6. The van der Waals surface area contributed by atoms with Gasteiger partial charge in [0.25, 0.3) is 0 Å². The number of ether oxygens (including phenoxy) is 2. The van der Waals surface area contributed by atoms with E-state index in [0.717, 1.165) is 33.4 Å². The van der Waals surface area contributed by atoms with Crippen molar-refractivity contribution in [3.63, 3.8) is 0 Å². The lowest BCUT2D eigenvalue weighted by molar-refractivity contribution is -0.138. The fourth-order valence-corrected chi connectivity index (χ4v) is 2.47. The molecule has 3 rings (SSSR count). The Kier molecular flexibility index (Phi) is 4.05. The highest BCUT2D eigenvalue weighted by molar-refractivity contribution is 6.05. The second kappa shape index (κ2) is 6.31. The van der Waals surface area contributed by atoms with Gasteiger partial charge in [-0.1, -0.05) is 55.1 Å². The topological polar surface area (TPSA) is 35.5 Å². The van der Waals surface area contributed by atoms with Crippen molar-refractivity contribution in [2.24, 2.45) is 0 Å². The van der Waals surface area contributed by atoms with Crippen molar-refractivity contribution >= 4 is 27.5 Å². The van der Waals surface area contributed by atoms with Gasteiger partial charge in [0.1, 0.15) is 19.0 Å². The van der Waals surface area contributed by atoms with Crippen LogP contribution in [0.2, 0.25) is 0 Å². The quantitative estimate of drug-likeness (QED) is 0.307. The Morgan fingerprint density at radius 3 is 2.14 bits per heavy atom. The number of rotatable bonds is 5. The molecule has 0 spiro atoms. The van der Waals surface area contributed by atoms with Gasteiger partial charge in [-0.15, -0.1) is 0 Å². The van der Waals surface area contributed by atoms with Gasteiger partial charge in [0.2, 0.25) is 0 Å². The minimum absolute atomic E-state index is 0.197. The van der Waals surface area contributed by atoms with Crippen LogP contribution < -0.4 is 4.74 Å². The molecular weight excluding hydrogens is 276 g/mol. The number of carbonyl (C=O) groups excluding carboxylic acids is 1. The van der Waals surface area contributed by atoms with Crippen LogP contribution in [0.3, 0.4) is 0 Å². The summed E-state index contributed by atoms with van der Waals surface area (Å²) in [5.41, 5.74) is 0. The van der Waals surface area contributed by atoms with E-state index >= 15 is 0 Å². The van der Waals surface area contributed by atoms with Crippen molar-refractivity contribution in [1.82, 2.24) is 0 Å². The molecule has 0 N–H and O–H groups in total. The van der Waals surface area contributed by atoms with E-state index in [2.05, 4.69) is 24.8 Å². The molecular formula is C19H16O3. The monoisotopic (exact) mass is 292 g/mol. The van der Waals surface area contributed by atoms with Crippen molar-refractivity contribution in [1.29, 1.82) is 0 Å². The van der Waals surface area contributed by atoms with Crippen molar-refractivity contribution in [2.75, 3.05) is 13.2 Å². The lowest BCUT2D eigenvalue weighted by Crippen LogP contribution is -2.10. The molecule has 0 aromatic heterocycles. The van der Waals surface area contributed by atoms with Crippen molar-refractivity contribution in [3.8, 4) is 5.75 Å². The Hall–Kier alpha value is -2.81. The van der Waals surface area contributed by atoms with Crippen LogP contribution in [0.15, 0.2) is 67.3 Å². The van der Waals surface area contributed by atoms with E-state index < -0.39 is 5.97 Å². The molecule has 3 heteroatoms. The van der Waals surface area contributed by atoms with Crippen LogP contribution in [0, 0.1) is 0 Å². The van der Waals surface area contributed by atoms with E-state index in [1.54, 1.807) is 0 Å². The number of benzene rings is 3. The maximum atomic E-state index is 11.1. The molecule has 3 nitrogen and oxygen atoms in total. The summed E-state index contributed by atoms with van der Waals surface area (Å²) in [6.45, 7) is 3.86. The van der Waals surface area contributed by atoms with E-state index in [1.165, 1.54) is 0 Å². The largest absolute Gasteiger partial charge is 0.489 e. The zero-order valence-electron chi connectivity index (χ0n) is 12.1. The zero-order chi connectivity index (χ0) is 15.4. The van der Waals surface area contributed by atoms with Crippen LogP contribution in [0.1, 0.15) is 0 Å². The minimum Gasteiger partial charge on any atom is -0.489 e. The number of carbonyl (C=O) groups is 1. The van der Waals surface area contributed by atoms with Crippen molar-refractivity contribution < 1.29 is 14.3 Å². The fourth-order valence-electron chi connectivity index (χ4n) is 2.47. The van der Waals surface area contributed by atoms with Crippen LogP contribution in [0.25, 0.3) is 21.5 Å². The first-order chi connectivity index (χ1) is 10.8. The Morgan fingerprint density at radius 1 is 0.955 bits per heavy atom. The third-order valence-electron chi connectivity index (χ3n) is 3.46. The van der Waals surface area contributed by atoms with Gasteiger partial charge >= 0.3 is 5.97 Å². The molecule has 22 heavy (non-hydrogen) atoms. The average Bonchev–Trinajstić information content (AvgIpc) is 2.57. The lowest BCUT2D eigenvalue weighted by Gasteiger charge is -2.13. The predicted molar refractivity (Wildman–Crippen MR) is 88.1 cm³/mol. The molecule has 0 fully saturated rings. The highest BCUT2D eigenvalue weighted by Crippen LogP contribution is 2.34. The maximum Gasteiger partial charge on any atom is 0.330 e. The first-order valence-electron chi connectivity index (χ1n) is 7.12. The maximum absolute atomic E-state index is 11.1. The number of hydrogen-bond donors (Lipinski definition) is 0. The molecule has 0 unspecified atom stereocenters. The van der Waals surface area contributed by atoms with Crippen LogP contribution in [-0.4, -0.2) is 19.2 Å². The molecule has 0 aliphatic rings. The highest BCUT2D eigenvalue weighted by Gasteiger charge is 2.08. The van der Waals surface area contributed by atoms with Gasteiger partial charge in [-0.2, -0.15) is 0 Å². The van der Waals surface area contributed by atoms with Gasteiger partial charge in [-0.3, -0.25) is 0 Å². The van der Waals surface area contributed by atoms with Crippen molar-refractivity contribution in [2.45, 2.75) is 0 Å². The van der Waals surface area contributed by atoms with Gasteiger partial charge in [-0.25, -0.2) is 4.79 Å². The van der Waals surface area contributed by atoms with E-state index in [0.29, 0.717) is 6.61 Å². The third kappa shape index (κ3) is 2.79. The van der Waals surface area contributed by atoms with Crippen molar-refractivity contribution in [3.05, 3.63) is 67.3 Å². The Labute approximate surface area is 128 Å². The molecule has 0 amide bonds. The van der Waals surface area contributed by atoms with Gasteiger partial charge in [-0.05, 0) is 16.8 Å². The van der Waals surface area contributed by atoms with E-state index in [-0.39, 0.29) is 6.61 Å². The summed E-state index contributed by atoms with van der Waals surface area (Å²) in [5, 5.41) is 4.35. The standard InChI is InChI=1S/C19H16O3/c1-2-18(20)21-11-12-22-19-16-9-5-3-7-14(16)13-15-8-4-6-10-17(15)19/h2-10,13H,1,11-12H2. The molecule has 0 heterocycles. The van der Waals surface area contributed by atoms with E-state index in [9.17, 15) is 4.79 Å². The summed E-state index contributed by atoms with van der Waals surface area (Å²) in [5.74, 6) is 0.384. The molecule has 110 valence electrons. The molecule has 0 saturated carbocycles. The smallest absolute Gasteiger partial charge is 0.330 e. The summed E-state index contributed by atoms with van der Waals surface area (Å²) < 4.78 is 10.9. The van der Waals surface area contributed by atoms with Crippen LogP contribution >= 0.6 is 0 Å². The van der Waals surface area contributed by atoms with Crippen LogP contribution in [0.5, 0.6) is 5.75 Å². The molecule has 3 aromatic rings. The van der Waals surface area contributed by atoms with Gasteiger partial charge in [0.05, 0.1) is 0 Å². The summed E-state index contributed by atoms with van der Waals surface area (Å²) >= 11 is 0. The first-order valence-corrected chi connectivity index (χ1v) is 7.12. The summed E-state index contributed by atoms with van der Waals surface area (Å²) in [4.78, 5) is 11.1. The summed E-state index contributed by atoms with van der Waals surface area (Å²) in [7, 11) is 0. The summed E-state index contributed by atoms with van der Waals surface area (Å²) in [6, 6.07) is 18.3. The second-order valence-electron chi connectivity index (χ2n) is 4.87. The molecule has 0 atom stereocenters. The molecule has 0 aliphatic heterocycles. The number of esters is 1. The average molecular weight is 292 g/mol. The van der Waals surface area contributed by atoms with E-state index in [1.807, 2.05) is 36.4 Å². The first kappa shape index (κ1) is 14.1. The molecule has 0 saturated heterocycles. The molecule has 0 bridgehead atoms. The van der Waals surface area contributed by atoms with E-state index in [4.69, 9.17) is 9.47 Å². The van der Waals surface area contributed by atoms with Gasteiger partial charge < -0.3 is 9.47 Å². The number of hydrogen-bond acceptors (Lipinski definition) is 3. The lowest BCUT2D eigenvalue weighted by atomic mass is 10.0. The summed E-state index contributed by atoms with van der Waals surface area (Å²) in [6.07, 6.45) is 1.15. The SMILES string of the molecule is C=CC(=O)OCCOc1c2ccccc2cc2ccccc12. The molecule has 0 radical (unpaired) electrons. The second-order valence-corrected chi connectivity index (χ2v) is 4.87. The van der Waals surface area contributed by atoms with Crippen LogP contribution in [-0.2, 0) is 9.53 Å². The molecule has 3 aromatic carbocycles.